The predicted octanol–water partition coefficient (Wildman–Crippen LogP) is 1.64. The van der Waals surface area contributed by atoms with Crippen molar-refractivity contribution in [3.63, 3.8) is 0 Å². The average molecular weight is 233 g/mol. The minimum absolute atomic E-state index is 0.0267. The lowest BCUT2D eigenvalue weighted by Crippen LogP contribution is -2.17. The SMILES string of the molecule is CCc1cccc2oc(=O)c(C(=O)O)c(N)c12. The van der Waals surface area contributed by atoms with Crippen molar-refractivity contribution in [2.24, 2.45) is 0 Å². The Hall–Kier alpha value is -2.30. The van der Waals surface area contributed by atoms with Crippen molar-refractivity contribution in [1.29, 1.82) is 0 Å². The van der Waals surface area contributed by atoms with Gasteiger partial charge in [0.15, 0.2) is 5.56 Å². The first-order valence-corrected chi connectivity index (χ1v) is 5.13. The molecule has 0 unspecified atom stereocenters. The maximum atomic E-state index is 11.5. The van der Waals surface area contributed by atoms with E-state index in [-0.39, 0.29) is 5.69 Å². The second-order valence-electron chi connectivity index (χ2n) is 3.63. The minimum atomic E-state index is -1.37. The maximum absolute atomic E-state index is 11.5. The highest BCUT2D eigenvalue weighted by molar-refractivity contribution is 6.03. The number of fused-ring (bicyclic) bond motifs is 1. The van der Waals surface area contributed by atoms with Gasteiger partial charge in [0.1, 0.15) is 5.58 Å². The third-order valence-corrected chi connectivity index (χ3v) is 2.65. The highest BCUT2D eigenvalue weighted by atomic mass is 16.4. The van der Waals surface area contributed by atoms with E-state index in [2.05, 4.69) is 0 Å². The predicted molar refractivity (Wildman–Crippen MR) is 63.2 cm³/mol. The molecule has 0 amide bonds. The lowest BCUT2D eigenvalue weighted by Gasteiger charge is -2.07. The van der Waals surface area contributed by atoms with E-state index in [1.807, 2.05) is 13.0 Å². The number of aromatic carboxylic acids is 1. The van der Waals surface area contributed by atoms with E-state index in [0.29, 0.717) is 17.4 Å². The number of carbonyl (C=O) groups is 1. The summed E-state index contributed by atoms with van der Waals surface area (Å²) in [5, 5.41) is 9.44. The van der Waals surface area contributed by atoms with Crippen molar-refractivity contribution >= 4 is 22.6 Å². The number of benzene rings is 1. The Morgan fingerprint density at radius 3 is 2.76 bits per heavy atom. The number of nitrogens with two attached hydrogens (primary N) is 1. The Bertz CT molecular complexity index is 657. The molecule has 0 bridgehead atoms. The maximum Gasteiger partial charge on any atom is 0.353 e. The van der Waals surface area contributed by atoms with E-state index < -0.39 is 17.2 Å². The normalized spacial score (nSPS) is 10.6. The number of hydrogen-bond donors (Lipinski definition) is 2. The van der Waals surface area contributed by atoms with Crippen LogP contribution in [0.3, 0.4) is 0 Å². The Morgan fingerprint density at radius 1 is 1.47 bits per heavy atom. The van der Waals surface area contributed by atoms with Gasteiger partial charge in [0.25, 0.3) is 0 Å². The first-order valence-electron chi connectivity index (χ1n) is 5.13. The van der Waals surface area contributed by atoms with Gasteiger partial charge in [-0.05, 0) is 18.1 Å². The van der Waals surface area contributed by atoms with Crippen molar-refractivity contribution in [2.75, 3.05) is 5.73 Å². The lowest BCUT2D eigenvalue weighted by atomic mass is 10.0. The standard InChI is InChI=1S/C12H11NO4/c1-2-6-4-3-5-7-8(6)10(13)9(11(14)15)12(16)17-7/h3-5H,2,13H2,1H3,(H,14,15). The Balaban J connectivity index is 2.99. The molecule has 1 heterocycles. The first-order chi connectivity index (χ1) is 8.06. The molecule has 0 saturated carbocycles. The molecule has 0 aliphatic heterocycles. The van der Waals surface area contributed by atoms with Gasteiger partial charge in [-0.1, -0.05) is 19.1 Å². The van der Waals surface area contributed by atoms with E-state index in [9.17, 15) is 9.59 Å². The summed E-state index contributed by atoms with van der Waals surface area (Å²) in [6.45, 7) is 1.92. The molecule has 2 rings (SSSR count). The highest BCUT2D eigenvalue weighted by Crippen LogP contribution is 2.26. The van der Waals surface area contributed by atoms with Crippen LogP contribution in [-0.4, -0.2) is 11.1 Å². The van der Waals surface area contributed by atoms with Crippen LogP contribution in [-0.2, 0) is 6.42 Å². The molecule has 5 nitrogen and oxygen atoms in total. The van der Waals surface area contributed by atoms with Crippen LogP contribution >= 0.6 is 0 Å². The Kier molecular flexibility index (Phi) is 2.59. The number of rotatable bonds is 2. The van der Waals surface area contributed by atoms with Crippen molar-refractivity contribution in [3.05, 3.63) is 39.7 Å². The molecule has 88 valence electrons. The monoisotopic (exact) mass is 233 g/mol. The highest BCUT2D eigenvalue weighted by Gasteiger charge is 2.19. The third kappa shape index (κ3) is 1.65. The number of anilines is 1. The van der Waals surface area contributed by atoms with Crippen LogP contribution in [0, 0.1) is 0 Å². The summed E-state index contributed by atoms with van der Waals surface area (Å²) in [7, 11) is 0. The van der Waals surface area contributed by atoms with Crippen molar-refractivity contribution in [1.82, 2.24) is 0 Å². The largest absolute Gasteiger partial charge is 0.477 e. The van der Waals surface area contributed by atoms with E-state index in [1.54, 1.807) is 12.1 Å². The van der Waals surface area contributed by atoms with E-state index >= 15 is 0 Å². The average Bonchev–Trinajstić information content (AvgIpc) is 2.27. The fourth-order valence-electron chi connectivity index (χ4n) is 1.85. The zero-order chi connectivity index (χ0) is 12.6. The quantitative estimate of drug-likeness (QED) is 0.769. The van der Waals surface area contributed by atoms with Gasteiger partial charge in [-0.2, -0.15) is 0 Å². The van der Waals surface area contributed by atoms with Crippen LogP contribution in [0.4, 0.5) is 5.69 Å². The number of hydrogen-bond acceptors (Lipinski definition) is 4. The van der Waals surface area contributed by atoms with Crippen LogP contribution in [0.2, 0.25) is 0 Å². The summed E-state index contributed by atoms with van der Waals surface area (Å²) in [4.78, 5) is 22.4. The molecule has 0 saturated heterocycles. The van der Waals surface area contributed by atoms with Crippen molar-refractivity contribution in [3.8, 4) is 0 Å². The smallest absolute Gasteiger partial charge is 0.353 e. The van der Waals surface area contributed by atoms with Gasteiger partial charge in [0, 0.05) is 5.39 Å². The summed E-state index contributed by atoms with van der Waals surface area (Å²) in [6.07, 6.45) is 0.675. The van der Waals surface area contributed by atoms with Gasteiger partial charge < -0.3 is 15.3 Å². The molecule has 2 aromatic rings. The molecule has 0 fully saturated rings. The van der Waals surface area contributed by atoms with Crippen LogP contribution in [0.1, 0.15) is 22.8 Å². The fraction of sp³-hybridized carbons (Fsp3) is 0.167. The fourth-order valence-corrected chi connectivity index (χ4v) is 1.85. The molecule has 0 radical (unpaired) electrons. The van der Waals surface area contributed by atoms with Crippen LogP contribution in [0.15, 0.2) is 27.4 Å². The zero-order valence-electron chi connectivity index (χ0n) is 9.19. The number of nitrogen functional groups attached to an aromatic ring is 1. The lowest BCUT2D eigenvalue weighted by molar-refractivity contribution is 0.0694. The summed E-state index contributed by atoms with van der Waals surface area (Å²) in [6, 6.07) is 5.16. The topological polar surface area (TPSA) is 93.5 Å². The van der Waals surface area contributed by atoms with Gasteiger partial charge in [-0.3, -0.25) is 0 Å². The molecular formula is C12H11NO4. The van der Waals surface area contributed by atoms with Gasteiger partial charge in [0.05, 0.1) is 5.69 Å². The number of carboxylic acid groups (broad SMARTS) is 1. The van der Waals surface area contributed by atoms with Crippen LogP contribution in [0.5, 0.6) is 0 Å². The summed E-state index contributed by atoms with van der Waals surface area (Å²) >= 11 is 0. The van der Waals surface area contributed by atoms with Crippen molar-refractivity contribution in [2.45, 2.75) is 13.3 Å². The van der Waals surface area contributed by atoms with Crippen LogP contribution < -0.4 is 11.4 Å². The second kappa shape index (κ2) is 3.93. The third-order valence-electron chi connectivity index (χ3n) is 2.65. The molecule has 1 aromatic carbocycles. The van der Waals surface area contributed by atoms with Crippen molar-refractivity contribution < 1.29 is 14.3 Å². The molecule has 0 atom stereocenters. The molecule has 0 spiro atoms. The molecule has 0 aliphatic carbocycles. The molecule has 17 heavy (non-hydrogen) atoms. The summed E-state index contributed by atoms with van der Waals surface area (Å²) in [5.41, 5.74) is 5.48. The summed E-state index contributed by atoms with van der Waals surface area (Å²) < 4.78 is 4.96. The van der Waals surface area contributed by atoms with Gasteiger partial charge >= 0.3 is 11.6 Å². The molecule has 0 aliphatic rings. The Labute approximate surface area is 96.5 Å². The zero-order valence-corrected chi connectivity index (χ0v) is 9.19. The first kappa shape index (κ1) is 11.2. The molecule has 1 aromatic heterocycles. The van der Waals surface area contributed by atoms with E-state index in [4.69, 9.17) is 15.3 Å². The van der Waals surface area contributed by atoms with Crippen LogP contribution in [0.25, 0.3) is 11.0 Å². The van der Waals surface area contributed by atoms with Gasteiger partial charge in [-0.25, -0.2) is 9.59 Å². The molecular weight excluding hydrogens is 222 g/mol. The van der Waals surface area contributed by atoms with E-state index in [0.717, 1.165) is 5.56 Å². The minimum Gasteiger partial charge on any atom is -0.477 e. The molecule has 5 heteroatoms. The Morgan fingerprint density at radius 2 is 2.18 bits per heavy atom. The van der Waals surface area contributed by atoms with Gasteiger partial charge in [0.2, 0.25) is 0 Å². The van der Waals surface area contributed by atoms with E-state index in [1.165, 1.54) is 0 Å². The number of carboxylic acids is 1. The van der Waals surface area contributed by atoms with Gasteiger partial charge in [-0.15, -0.1) is 0 Å². The molecule has 3 N–H and O–H groups in total. The summed E-state index contributed by atoms with van der Waals surface area (Å²) in [5.74, 6) is -1.37. The second-order valence-corrected chi connectivity index (χ2v) is 3.63. The number of aryl methyl sites for hydroxylation is 1.